The fraction of sp³-hybridized carbons (Fsp3) is 0.125. The van der Waals surface area contributed by atoms with Crippen LogP contribution in [0.5, 0.6) is 0 Å². The Morgan fingerprint density at radius 2 is 2.40 bits per heavy atom. The molecule has 2 rings (SSSR count). The van der Waals surface area contributed by atoms with Gasteiger partial charge < -0.3 is 11.5 Å². The molecule has 0 atom stereocenters. The van der Waals surface area contributed by atoms with E-state index in [1.165, 1.54) is 0 Å². The van der Waals surface area contributed by atoms with Crippen LogP contribution in [0.3, 0.4) is 0 Å². The van der Waals surface area contributed by atoms with E-state index in [2.05, 4.69) is 15.2 Å². The maximum absolute atomic E-state index is 5.16. The molecule has 0 amide bonds. The quantitative estimate of drug-likeness (QED) is 0.435. The molecule has 78 valence electrons. The second-order valence-electron chi connectivity index (χ2n) is 2.91. The van der Waals surface area contributed by atoms with Gasteiger partial charge in [0.15, 0.2) is 4.96 Å². The molecule has 0 saturated carbocycles. The lowest BCUT2D eigenvalue weighted by atomic mass is 10.4. The van der Waals surface area contributed by atoms with Gasteiger partial charge in [-0.2, -0.15) is 5.10 Å². The van der Waals surface area contributed by atoms with E-state index in [1.807, 2.05) is 22.9 Å². The van der Waals surface area contributed by atoms with Crippen LogP contribution in [0, 0.1) is 6.92 Å². The highest BCUT2D eigenvalue weighted by Gasteiger charge is 2.06. The van der Waals surface area contributed by atoms with Crippen molar-refractivity contribution in [2.75, 3.05) is 0 Å². The second-order valence-corrected chi connectivity index (χ2v) is 3.78. The van der Waals surface area contributed by atoms with Crippen molar-refractivity contribution in [2.45, 2.75) is 6.92 Å². The summed E-state index contributed by atoms with van der Waals surface area (Å²) in [7, 11) is 0. The number of nitrogens with zero attached hydrogens (tertiary/aromatic N) is 4. The van der Waals surface area contributed by atoms with Crippen LogP contribution in [0.2, 0.25) is 0 Å². The zero-order valence-corrected chi connectivity index (χ0v) is 8.90. The van der Waals surface area contributed by atoms with Crippen LogP contribution in [-0.2, 0) is 0 Å². The molecule has 0 aliphatic heterocycles. The van der Waals surface area contributed by atoms with Crippen LogP contribution in [-0.4, -0.2) is 21.6 Å². The molecule has 7 heteroatoms. The Morgan fingerprint density at radius 1 is 1.60 bits per heavy atom. The molecule has 2 heterocycles. The SMILES string of the molecule is Cc1nc2sccn2c1/C=N/N=C(N)N. The van der Waals surface area contributed by atoms with Crippen molar-refractivity contribution < 1.29 is 0 Å². The molecule has 6 nitrogen and oxygen atoms in total. The highest BCUT2D eigenvalue weighted by Crippen LogP contribution is 2.14. The minimum atomic E-state index is -0.0602. The molecule has 0 aliphatic rings. The van der Waals surface area contributed by atoms with Crippen LogP contribution >= 0.6 is 11.3 Å². The third kappa shape index (κ3) is 1.82. The molecule has 0 unspecified atom stereocenters. The van der Waals surface area contributed by atoms with E-state index < -0.39 is 0 Å². The van der Waals surface area contributed by atoms with Gasteiger partial charge in [-0.05, 0) is 6.92 Å². The number of imidazole rings is 1. The van der Waals surface area contributed by atoms with Gasteiger partial charge in [-0.3, -0.25) is 4.40 Å². The first-order chi connectivity index (χ1) is 7.18. The molecule has 0 aliphatic carbocycles. The maximum atomic E-state index is 5.16. The largest absolute Gasteiger partial charge is 0.369 e. The van der Waals surface area contributed by atoms with Gasteiger partial charge in [0.1, 0.15) is 0 Å². The molecule has 2 aromatic heterocycles. The van der Waals surface area contributed by atoms with Gasteiger partial charge in [-0.1, -0.05) is 0 Å². The van der Waals surface area contributed by atoms with Gasteiger partial charge in [-0.15, -0.1) is 16.4 Å². The number of aryl methyl sites for hydroxylation is 1. The molecule has 4 N–H and O–H groups in total. The van der Waals surface area contributed by atoms with Crippen molar-refractivity contribution in [3.05, 3.63) is 23.0 Å². The summed E-state index contributed by atoms with van der Waals surface area (Å²) in [5.74, 6) is -0.0602. The Balaban J connectivity index is 2.42. The van der Waals surface area contributed by atoms with Crippen LogP contribution in [0.25, 0.3) is 4.96 Å². The van der Waals surface area contributed by atoms with E-state index in [0.29, 0.717) is 0 Å². The van der Waals surface area contributed by atoms with Crippen LogP contribution in [0.4, 0.5) is 0 Å². The van der Waals surface area contributed by atoms with Gasteiger partial charge in [0, 0.05) is 11.6 Å². The van der Waals surface area contributed by atoms with E-state index in [9.17, 15) is 0 Å². The number of nitrogens with two attached hydrogens (primary N) is 2. The summed E-state index contributed by atoms with van der Waals surface area (Å²) in [4.78, 5) is 5.28. The Hall–Kier alpha value is -1.89. The standard InChI is InChI=1S/C8H10N6S/c1-5-6(4-11-13-7(9)10)14-2-3-15-8(14)12-5/h2-4H,1H3,(H4,9,10,13)/b11-4+. The Labute approximate surface area is 89.9 Å². The lowest BCUT2D eigenvalue weighted by Gasteiger charge is -1.90. The summed E-state index contributed by atoms with van der Waals surface area (Å²) in [6.45, 7) is 1.91. The van der Waals surface area contributed by atoms with E-state index in [0.717, 1.165) is 16.3 Å². The highest BCUT2D eigenvalue weighted by molar-refractivity contribution is 7.15. The van der Waals surface area contributed by atoms with Crippen molar-refractivity contribution in [2.24, 2.45) is 21.7 Å². The first-order valence-corrected chi connectivity index (χ1v) is 5.10. The summed E-state index contributed by atoms with van der Waals surface area (Å²) >= 11 is 1.57. The smallest absolute Gasteiger partial charge is 0.211 e. The molecule has 0 aromatic carbocycles. The van der Waals surface area contributed by atoms with Gasteiger partial charge in [-0.25, -0.2) is 4.98 Å². The first kappa shape index (κ1) is 9.66. The second kappa shape index (κ2) is 3.70. The van der Waals surface area contributed by atoms with Crippen LogP contribution in [0.15, 0.2) is 21.8 Å². The summed E-state index contributed by atoms with van der Waals surface area (Å²) in [6.07, 6.45) is 3.51. The molecule has 0 bridgehead atoms. The van der Waals surface area contributed by atoms with Crippen molar-refractivity contribution in [1.82, 2.24) is 9.38 Å². The number of rotatable bonds is 2. The minimum absolute atomic E-state index is 0.0602. The molecule has 0 saturated heterocycles. The lowest BCUT2D eigenvalue weighted by molar-refractivity contribution is 1.17. The van der Waals surface area contributed by atoms with Gasteiger partial charge in [0.25, 0.3) is 0 Å². The summed E-state index contributed by atoms with van der Waals surface area (Å²) in [6, 6.07) is 0. The zero-order valence-electron chi connectivity index (χ0n) is 8.08. The zero-order chi connectivity index (χ0) is 10.8. The third-order valence-corrected chi connectivity index (χ3v) is 2.59. The lowest BCUT2D eigenvalue weighted by Crippen LogP contribution is -2.21. The average molecular weight is 222 g/mol. The van der Waals surface area contributed by atoms with Crippen LogP contribution in [0.1, 0.15) is 11.4 Å². The highest BCUT2D eigenvalue weighted by atomic mass is 32.1. The Kier molecular flexibility index (Phi) is 2.38. The van der Waals surface area contributed by atoms with E-state index >= 15 is 0 Å². The van der Waals surface area contributed by atoms with E-state index in [4.69, 9.17) is 11.5 Å². The third-order valence-electron chi connectivity index (χ3n) is 1.84. The molecule has 0 radical (unpaired) electrons. The van der Waals surface area contributed by atoms with Crippen molar-refractivity contribution in [1.29, 1.82) is 0 Å². The maximum Gasteiger partial charge on any atom is 0.211 e. The normalized spacial score (nSPS) is 11.3. The Morgan fingerprint density at radius 3 is 3.13 bits per heavy atom. The van der Waals surface area contributed by atoms with Crippen molar-refractivity contribution in [3.8, 4) is 0 Å². The number of aromatic nitrogens is 2. The number of thiazole rings is 1. The molecule has 0 spiro atoms. The van der Waals surface area contributed by atoms with Crippen molar-refractivity contribution >= 4 is 28.5 Å². The van der Waals surface area contributed by atoms with Crippen LogP contribution < -0.4 is 11.5 Å². The van der Waals surface area contributed by atoms with E-state index in [1.54, 1.807) is 17.6 Å². The fourth-order valence-electron chi connectivity index (χ4n) is 1.22. The molecule has 2 aromatic rings. The average Bonchev–Trinajstić information content (AvgIpc) is 2.68. The molecule has 0 fully saturated rings. The van der Waals surface area contributed by atoms with Gasteiger partial charge >= 0.3 is 0 Å². The number of fused-ring (bicyclic) bond motifs is 1. The summed E-state index contributed by atoms with van der Waals surface area (Å²) < 4.78 is 1.94. The topological polar surface area (TPSA) is 94.1 Å². The number of hydrogen-bond donors (Lipinski definition) is 2. The monoisotopic (exact) mass is 222 g/mol. The first-order valence-electron chi connectivity index (χ1n) is 4.22. The predicted molar refractivity (Wildman–Crippen MR) is 61.2 cm³/mol. The fourth-order valence-corrected chi connectivity index (χ4v) is 1.98. The number of guanidine groups is 1. The number of hydrogen-bond acceptors (Lipinski definition) is 4. The molecular weight excluding hydrogens is 212 g/mol. The minimum Gasteiger partial charge on any atom is -0.369 e. The predicted octanol–water partition coefficient (Wildman–Crippen LogP) is 0.312. The summed E-state index contributed by atoms with van der Waals surface area (Å²) in [5.41, 5.74) is 12.1. The van der Waals surface area contributed by atoms with Crippen molar-refractivity contribution in [3.63, 3.8) is 0 Å². The molecular formula is C8H10N6S. The van der Waals surface area contributed by atoms with E-state index in [-0.39, 0.29) is 5.96 Å². The van der Waals surface area contributed by atoms with Gasteiger partial charge in [0.2, 0.25) is 5.96 Å². The summed E-state index contributed by atoms with van der Waals surface area (Å²) in [5, 5.41) is 9.25. The molecule has 15 heavy (non-hydrogen) atoms. The van der Waals surface area contributed by atoms with Gasteiger partial charge in [0.05, 0.1) is 17.6 Å². The Bertz CT molecular complexity index is 530.